The molecule has 1 fully saturated rings. The maximum Gasteiger partial charge on any atom is 0.264 e. The Hall–Kier alpha value is -2.55. The van der Waals surface area contributed by atoms with Crippen LogP contribution in [0.4, 0.5) is 0 Å². The first-order chi connectivity index (χ1) is 12.5. The zero-order valence-electron chi connectivity index (χ0n) is 14.8. The second-order valence-electron chi connectivity index (χ2n) is 6.77. The van der Waals surface area contributed by atoms with Crippen molar-refractivity contribution in [2.24, 2.45) is 0 Å². The minimum Gasteiger partial charge on any atom is -0.337 e. The maximum absolute atomic E-state index is 13.2. The average Bonchev–Trinajstić information content (AvgIpc) is 3.32. The molecule has 1 aliphatic rings. The highest BCUT2D eigenvalue weighted by molar-refractivity contribution is 7.20. The van der Waals surface area contributed by atoms with Gasteiger partial charge in [0, 0.05) is 12.5 Å². The van der Waals surface area contributed by atoms with E-state index in [1.807, 2.05) is 13.8 Å². The number of rotatable bonds is 3. The molecule has 0 bridgehead atoms. The number of aromatic amines is 1. The van der Waals surface area contributed by atoms with E-state index in [1.165, 1.54) is 17.7 Å². The Morgan fingerprint density at radius 3 is 2.96 bits per heavy atom. The minimum atomic E-state index is -0.224. The van der Waals surface area contributed by atoms with Gasteiger partial charge in [-0.3, -0.25) is 9.59 Å². The molecule has 136 valence electrons. The highest BCUT2D eigenvalue weighted by Crippen LogP contribution is 2.35. The summed E-state index contributed by atoms with van der Waals surface area (Å²) in [6.07, 6.45) is 3.02. The van der Waals surface area contributed by atoms with Gasteiger partial charge >= 0.3 is 0 Å². The third-order valence-electron chi connectivity index (χ3n) is 4.70. The van der Waals surface area contributed by atoms with Crippen LogP contribution >= 0.6 is 11.3 Å². The van der Waals surface area contributed by atoms with Crippen LogP contribution in [0.15, 0.2) is 15.6 Å². The van der Waals surface area contributed by atoms with Gasteiger partial charge in [0.15, 0.2) is 5.82 Å². The SMILES string of the molecule is Cc1c(C(=O)N2CCC[C@@H]2c2nc(C(C)C)no2)sc2nc[nH]c(=O)c12. The van der Waals surface area contributed by atoms with Crippen molar-refractivity contribution in [2.75, 3.05) is 6.54 Å². The standard InChI is InChI=1S/C17H19N5O3S/c1-8(2)13-20-15(25-21-13)10-5-4-6-22(10)17(24)12-9(3)11-14(23)18-7-19-16(11)26-12/h7-8,10H,4-6H2,1-3H3,(H,18,19,23)/t10-/m1/s1. The number of nitrogens with zero attached hydrogens (tertiary/aromatic N) is 4. The Bertz CT molecular complexity index is 1030. The summed E-state index contributed by atoms with van der Waals surface area (Å²) in [4.78, 5) is 39.3. The number of hydrogen-bond acceptors (Lipinski definition) is 7. The molecule has 8 nitrogen and oxygen atoms in total. The summed E-state index contributed by atoms with van der Waals surface area (Å²) in [6, 6.07) is -0.224. The van der Waals surface area contributed by atoms with E-state index in [2.05, 4.69) is 20.1 Å². The lowest BCUT2D eigenvalue weighted by molar-refractivity contribution is 0.0714. The summed E-state index contributed by atoms with van der Waals surface area (Å²) in [5.41, 5.74) is 0.447. The highest BCUT2D eigenvalue weighted by atomic mass is 32.1. The molecule has 9 heteroatoms. The third kappa shape index (κ3) is 2.63. The molecular formula is C17H19N5O3S. The van der Waals surface area contributed by atoms with E-state index in [0.29, 0.717) is 38.9 Å². The zero-order valence-corrected chi connectivity index (χ0v) is 15.6. The number of H-pyrrole nitrogens is 1. The normalized spacial score (nSPS) is 17.5. The van der Waals surface area contributed by atoms with Gasteiger partial charge in [-0.15, -0.1) is 11.3 Å². The monoisotopic (exact) mass is 373 g/mol. The highest BCUT2D eigenvalue weighted by Gasteiger charge is 2.36. The van der Waals surface area contributed by atoms with Crippen molar-refractivity contribution in [3.63, 3.8) is 0 Å². The molecule has 3 aromatic heterocycles. The molecule has 1 saturated heterocycles. The topological polar surface area (TPSA) is 105 Å². The number of aromatic nitrogens is 4. The van der Waals surface area contributed by atoms with Crippen LogP contribution in [0.25, 0.3) is 10.2 Å². The van der Waals surface area contributed by atoms with Crippen molar-refractivity contribution in [1.29, 1.82) is 0 Å². The second kappa shape index (κ2) is 6.31. The van der Waals surface area contributed by atoms with Gasteiger partial charge in [-0.2, -0.15) is 4.98 Å². The van der Waals surface area contributed by atoms with E-state index < -0.39 is 0 Å². The summed E-state index contributed by atoms with van der Waals surface area (Å²) >= 11 is 1.25. The summed E-state index contributed by atoms with van der Waals surface area (Å²) in [5, 5.41) is 4.50. The second-order valence-corrected chi connectivity index (χ2v) is 7.77. The smallest absolute Gasteiger partial charge is 0.264 e. The Morgan fingerprint density at radius 2 is 2.27 bits per heavy atom. The van der Waals surface area contributed by atoms with Crippen LogP contribution in [0.5, 0.6) is 0 Å². The van der Waals surface area contributed by atoms with Crippen molar-refractivity contribution in [3.05, 3.63) is 38.8 Å². The quantitative estimate of drug-likeness (QED) is 0.757. The number of nitrogens with one attached hydrogen (secondary N) is 1. The van der Waals surface area contributed by atoms with Crippen molar-refractivity contribution >= 4 is 27.5 Å². The number of thiophene rings is 1. The molecular weight excluding hydrogens is 354 g/mol. The average molecular weight is 373 g/mol. The van der Waals surface area contributed by atoms with E-state index in [4.69, 9.17) is 4.52 Å². The number of hydrogen-bond donors (Lipinski definition) is 1. The predicted molar refractivity (Wildman–Crippen MR) is 96.4 cm³/mol. The molecule has 4 heterocycles. The Morgan fingerprint density at radius 1 is 1.46 bits per heavy atom. The largest absolute Gasteiger partial charge is 0.337 e. The van der Waals surface area contributed by atoms with Crippen molar-refractivity contribution in [2.45, 2.75) is 45.6 Å². The first-order valence-electron chi connectivity index (χ1n) is 8.58. The van der Waals surface area contributed by atoms with E-state index in [1.54, 1.807) is 11.8 Å². The number of amides is 1. The maximum atomic E-state index is 13.2. The Balaban J connectivity index is 1.70. The first-order valence-corrected chi connectivity index (χ1v) is 9.40. The first kappa shape index (κ1) is 16.9. The van der Waals surface area contributed by atoms with Gasteiger partial charge in [0.2, 0.25) is 5.89 Å². The lowest BCUT2D eigenvalue weighted by Gasteiger charge is -2.21. The van der Waals surface area contributed by atoms with E-state index in [-0.39, 0.29) is 23.4 Å². The van der Waals surface area contributed by atoms with Gasteiger partial charge in [0.25, 0.3) is 11.5 Å². The van der Waals surface area contributed by atoms with Gasteiger partial charge in [-0.25, -0.2) is 4.98 Å². The lowest BCUT2D eigenvalue weighted by Crippen LogP contribution is -2.30. The van der Waals surface area contributed by atoms with Crippen LogP contribution in [-0.4, -0.2) is 37.5 Å². The number of aryl methyl sites for hydroxylation is 1. The fourth-order valence-corrected chi connectivity index (χ4v) is 4.40. The van der Waals surface area contributed by atoms with Crippen LogP contribution in [0, 0.1) is 6.92 Å². The lowest BCUT2D eigenvalue weighted by atomic mass is 10.1. The van der Waals surface area contributed by atoms with Crippen molar-refractivity contribution < 1.29 is 9.32 Å². The molecule has 26 heavy (non-hydrogen) atoms. The van der Waals surface area contributed by atoms with Crippen LogP contribution in [0.1, 0.15) is 65.6 Å². The molecule has 0 radical (unpaired) electrons. The molecule has 0 unspecified atom stereocenters. The summed E-state index contributed by atoms with van der Waals surface area (Å²) in [6.45, 7) is 6.41. The molecule has 1 N–H and O–H groups in total. The fourth-order valence-electron chi connectivity index (χ4n) is 3.30. The summed E-state index contributed by atoms with van der Waals surface area (Å²) < 4.78 is 5.42. The molecule has 4 rings (SSSR count). The van der Waals surface area contributed by atoms with Crippen LogP contribution in [0.3, 0.4) is 0 Å². The van der Waals surface area contributed by atoms with Gasteiger partial charge in [-0.05, 0) is 25.3 Å². The number of likely N-dealkylation sites (tertiary alicyclic amines) is 1. The van der Waals surface area contributed by atoms with Crippen LogP contribution in [-0.2, 0) is 0 Å². The van der Waals surface area contributed by atoms with Gasteiger partial charge in [0.1, 0.15) is 10.9 Å². The predicted octanol–water partition coefficient (Wildman–Crippen LogP) is 2.78. The molecule has 0 aromatic carbocycles. The minimum absolute atomic E-state index is 0.114. The van der Waals surface area contributed by atoms with Crippen LogP contribution < -0.4 is 5.56 Å². The number of carbonyl (C=O) groups excluding carboxylic acids is 1. The third-order valence-corrected chi connectivity index (χ3v) is 5.89. The number of carbonyl (C=O) groups is 1. The number of fused-ring (bicyclic) bond motifs is 1. The zero-order chi connectivity index (χ0) is 18.4. The molecule has 0 aliphatic carbocycles. The van der Waals surface area contributed by atoms with E-state index >= 15 is 0 Å². The molecule has 3 aromatic rings. The Labute approximate surface area is 153 Å². The van der Waals surface area contributed by atoms with Crippen LogP contribution in [0.2, 0.25) is 0 Å². The molecule has 0 spiro atoms. The van der Waals surface area contributed by atoms with Gasteiger partial charge < -0.3 is 14.4 Å². The molecule has 1 amide bonds. The Kier molecular flexibility index (Phi) is 4.10. The molecule has 0 saturated carbocycles. The van der Waals surface area contributed by atoms with Crippen molar-refractivity contribution in [3.8, 4) is 0 Å². The summed E-state index contributed by atoms with van der Waals surface area (Å²) in [7, 11) is 0. The summed E-state index contributed by atoms with van der Waals surface area (Å²) in [5.74, 6) is 1.18. The van der Waals surface area contributed by atoms with Gasteiger partial charge in [-0.1, -0.05) is 19.0 Å². The van der Waals surface area contributed by atoms with Gasteiger partial charge in [0.05, 0.1) is 16.6 Å². The van der Waals surface area contributed by atoms with Crippen molar-refractivity contribution in [1.82, 2.24) is 25.0 Å². The molecule has 1 atom stereocenters. The fraction of sp³-hybridized carbons (Fsp3) is 0.471. The van der Waals surface area contributed by atoms with E-state index in [0.717, 1.165) is 12.8 Å². The van der Waals surface area contributed by atoms with E-state index in [9.17, 15) is 9.59 Å². The molecule has 1 aliphatic heterocycles.